The third-order valence-electron chi connectivity index (χ3n) is 2.53. The molecule has 0 saturated carbocycles. The highest BCUT2D eigenvalue weighted by Gasteiger charge is 2.25. The number of ether oxygens (including phenoxy) is 1. The predicted molar refractivity (Wildman–Crippen MR) is 77.3 cm³/mol. The summed E-state index contributed by atoms with van der Waals surface area (Å²) in [7, 11) is 1.32. The maximum atomic E-state index is 12.1. The van der Waals surface area contributed by atoms with E-state index >= 15 is 0 Å². The van der Waals surface area contributed by atoms with E-state index in [9.17, 15) is 9.59 Å². The number of esters is 1. The Morgan fingerprint density at radius 1 is 1.28 bits per heavy atom. The summed E-state index contributed by atoms with van der Waals surface area (Å²) in [5, 5.41) is 2.71. The van der Waals surface area contributed by atoms with E-state index in [1.807, 2.05) is 26.0 Å². The number of nitrogens with one attached hydrogen (secondary N) is 1. The molecule has 1 unspecified atom stereocenters. The molecule has 98 valence electrons. The second-order valence-corrected chi connectivity index (χ2v) is 5.36. The normalized spacial score (nSPS) is 12.1. The molecule has 5 heteroatoms. The first-order valence-electron chi connectivity index (χ1n) is 5.60. The Hall–Kier alpha value is -1.11. The number of hydrogen-bond donors (Lipinski definition) is 1. The molecule has 1 atom stereocenters. The van der Waals surface area contributed by atoms with Gasteiger partial charge in [0.25, 0.3) is 5.91 Å². The molecule has 1 aromatic rings. The SMILES string of the molecule is COC(=O)C(NC(=O)c1ccccc1I)C(C)C. The van der Waals surface area contributed by atoms with E-state index in [4.69, 9.17) is 0 Å². The molecule has 4 nitrogen and oxygen atoms in total. The fourth-order valence-corrected chi connectivity index (χ4v) is 2.12. The number of amides is 1. The summed E-state index contributed by atoms with van der Waals surface area (Å²) in [6.07, 6.45) is 0. The standard InChI is InChI=1S/C13H16INO3/c1-8(2)11(13(17)18-3)15-12(16)9-6-4-5-7-10(9)14/h4-8,11H,1-3H3,(H,15,16). The van der Waals surface area contributed by atoms with Crippen LogP contribution in [0, 0.1) is 9.49 Å². The zero-order chi connectivity index (χ0) is 13.7. The van der Waals surface area contributed by atoms with Crippen molar-refractivity contribution in [2.24, 2.45) is 5.92 Å². The molecule has 1 aromatic carbocycles. The highest BCUT2D eigenvalue weighted by Crippen LogP contribution is 2.12. The van der Waals surface area contributed by atoms with E-state index < -0.39 is 12.0 Å². The average molecular weight is 361 g/mol. The summed E-state index contributed by atoms with van der Waals surface area (Å²) < 4.78 is 5.53. The van der Waals surface area contributed by atoms with Gasteiger partial charge in [-0.3, -0.25) is 4.79 Å². The van der Waals surface area contributed by atoms with Crippen molar-refractivity contribution in [3.05, 3.63) is 33.4 Å². The zero-order valence-corrected chi connectivity index (χ0v) is 12.7. The van der Waals surface area contributed by atoms with E-state index in [1.165, 1.54) is 7.11 Å². The zero-order valence-electron chi connectivity index (χ0n) is 10.6. The van der Waals surface area contributed by atoms with Gasteiger partial charge in [-0.2, -0.15) is 0 Å². The van der Waals surface area contributed by atoms with Gasteiger partial charge >= 0.3 is 5.97 Å². The van der Waals surface area contributed by atoms with Gasteiger partial charge in [0.15, 0.2) is 0 Å². The minimum Gasteiger partial charge on any atom is -0.467 e. The molecule has 0 heterocycles. The Labute approximate surface area is 120 Å². The van der Waals surface area contributed by atoms with E-state index in [1.54, 1.807) is 12.1 Å². The van der Waals surface area contributed by atoms with E-state index in [2.05, 4.69) is 32.6 Å². The second-order valence-electron chi connectivity index (χ2n) is 4.20. The number of benzene rings is 1. The quantitative estimate of drug-likeness (QED) is 0.661. The highest BCUT2D eigenvalue weighted by atomic mass is 127. The molecule has 0 aliphatic heterocycles. The molecule has 0 bridgehead atoms. The van der Waals surface area contributed by atoms with Crippen molar-refractivity contribution in [3.8, 4) is 0 Å². The molecule has 0 aromatic heterocycles. The number of carbonyl (C=O) groups is 2. The Morgan fingerprint density at radius 2 is 1.89 bits per heavy atom. The van der Waals surface area contributed by atoms with Crippen molar-refractivity contribution in [3.63, 3.8) is 0 Å². The summed E-state index contributed by atoms with van der Waals surface area (Å²) in [6, 6.07) is 6.60. The summed E-state index contributed by atoms with van der Waals surface area (Å²) >= 11 is 2.09. The van der Waals surface area contributed by atoms with Gasteiger partial charge in [0.1, 0.15) is 6.04 Å². The van der Waals surface area contributed by atoms with Crippen LogP contribution in [0.5, 0.6) is 0 Å². The Bertz CT molecular complexity index is 446. The van der Waals surface area contributed by atoms with Crippen molar-refractivity contribution in [1.82, 2.24) is 5.32 Å². The maximum Gasteiger partial charge on any atom is 0.328 e. The molecule has 0 aliphatic carbocycles. The molecular weight excluding hydrogens is 345 g/mol. The fraction of sp³-hybridized carbons (Fsp3) is 0.385. The molecule has 0 spiro atoms. The monoisotopic (exact) mass is 361 g/mol. The molecule has 1 rings (SSSR count). The van der Waals surface area contributed by atoms with Gasteiger partial charge in [0, 0.05) is 3.57 Å². The van der Waals surface area contributed by atoms with Crippen LogP contribution in [0.1, 0.15) is 24.2 Å². The van der Waals surface area contributed by atoms with Crippen LogP contribution in [-0.2, 0) is 9.53 Å². The lowest BCUT2D eigenvalue weighted by atomic mass is 10.0. The third kappa shape index (κ3) is 3.69. The van der Waals surface area contributed by atoms with Gasteiger partial charge in [-0.05, 0) is 40.6 Å². The summed E-state index contributed by atoms with van der Waals surface area (Å²) in [4.78, 5) is 23.6. The van der Waals surface area contributed by atoms with Gasteiger partial charge in [0.05, 0.1) is 12.7 Å². The first-order valence-corrected chi connectivity index (χ1v) is 6.68. The molecule has 1 amide bonds. The number of halogens is 1. The Balaban J connectivity index is 2.86. The van der Waals surface area contributed by atoms with Gasteiger partial charge in [-0.25, -0.2) is 4.79 Å². The average Bonchev–Trinajstić information content (AvgIpc) is 2.35. The van der Waals surface area contributed by atoms with Gasteiger partial charge in [0.2, 0.25) is 0 Å². The second kappa shape index (κ2) is 6.72. The molecule has 0 saturated heterocycles. The first-order chi connectivity index (χ1) is 8.47. The van der Waals surface area contributed by atoms with E-state index in [-0.39, 0.29) is 11.8 Å². The summed E-state index contributed by atoms with van der Waals surface area (Å²) in [5.41, 5.74) is 0.563. The minimum atomic E-state index is -0.626. The number of rotatable bonds is 4. The molecule has 0 fully saturated rings. The van der Waals surface area contributed by atoms with Crippen LogP contribution in [0.3, 0.4) is 0 Å². The summed E-state index contributed by atoms with van der Waals surface area (Å²) in [6.45, 7) is 3.72. The van der Waals surface area contributed by atoms with Crippen LogP contribution in [0.25, 0.3) is 0 Å². The van der Waals surface area contributed by atoms with Crippen LogP contribution >= 0.6 is 22.6 Å². The number of carbonyl (C=O) groups excluding carboxylic acids is 2. The van der Waals surface area contributed by atoms with Crippen LogP contribution in [0.2, 0.25) is 0 Å². The lowest BCUT2D eigenvalue weighted by Gasteiger charge is -2.20. The van der Waals surface area contributed by atoms with Crippen LogP contribution in [0.4, 0.5) is 0 Å². The van der Waals surface area contributed by atoms with Crippen molar-refractivity contribution < 1.29 is 14.3 Å². The van der Waals surface area contributed by atoms with Crippen molar-refractivity contribution >= 4 is 34.5 Å². The first kappa shape index (κ1) is 14.9. The largest absolute Gasteiger partial charge is 0.467 e. The molecular formula is C13H16INO3. The third-order valence-corrected chi connectivity index (χ3v) is 3.47. The maximum absolute atomic E-state index is 12.1. The van der Waals surface area contributed by atoms with Gasteiger partial charge in [-0.15, -0.1) is 0 Å². The predicted octanol–water partition coefficient (Wildman–Crippen LogP) is 2.22. The molecule has 0 aliphatic rings. The van der Waals surface area contributed by atoms with E-state index in [0.717, 1.165) is 3.57 Å². The number of methoxy groups -OCH3 is 1. The van der Waals surface area contributed by atoms with Crippen molar-refractivity contribution in [1.29, 1.82) is 0 Å². The Morgan fingerprint density at radius 3 is 2.39 bits per heavy atom. The lowest BCUT2D eigenvalue weighted by Crippen LogP contribution is -2.45. The molecule has 1 N–H and O–H groups in total. The van der Waals surface area contributed by atoms with Gasteiger partial charge in [-0.1, -0.05) is 26.0 Å². The van der Waals surface area contributed by atoms with Crippen molar-refractivity contribution in [2.75, 3.05) is 7.11 Å². The van der Waals surface area contributed by atoms with Crippen molar-refractivity contribution in [2.45, 2.75) is 19.9 Å². The minimum absolute atomic E-state index is 0.0252. The highest BCUT2D eigenvalue weighted by molar-refractivity contribution is 14.1. The summed E-state index contributed by atoms with van der Waals surface area (Å²) in [5.74, 6) is -0.712. The lowest BCUT2D eigenvalue weighted by molar-refractivity contribution is -0.144. The van der Waals surface area contributed by atoms with Crippen LogP contribution < -0.4 is 5.32 Å². The fourth-order valence-electron chi connectivity index (χ4n) is 1.49. The topological polar surface area (TPSA) is 55.4 Å². The Kier molecular flexibility index (Phi) is 5.58. The molecule has 0 radical (unpaired) electrons. The molecule has 18 heavy (non-hydrogen) atoms. The number of hydrogen-bond acceptors (Lipinski definition) is 3. The van der Waals surface area contributed by atoms with Gasteiger partial charge < -0.3 is 10.1 Å². The smallest absolute Gasteiger partial charge is 0.328 e. The van der Waals surface area contributed by atoms with E-state index in [0.29, 0.717) is 5.56 Å². The van der Waals surface area contributed by atoms with Crippen LogP contribution in [0.15, 0.2) is 24.3 Å². The van der Waals surface area contributed by atoms with Crippen LogP contribution in [-0.4, -0.2) is 25.0 Å².